The predicted octanol–water partition coefficient (Wildman–Crippen LogP) is 0.834. The summed E-state index contributed by atoms with van der Waals surface area (Å²) in [6.45, 7) is 0.331. The summed E-state index contributed by atoms with van der Waals surface area (Å²) in [4.78, 5) is 12.1. The number of fused-ring (bicyclic) bond motifs is 2. The van der Waals surface area contributed by atoms with Gasteiger partial charge in [-0.1, -0.05) is 5.16 Å². The van der Waals surface area contributed by atoms with Crippen LogP contribution in [0.2, 0.25) is 0 Å². The number of rotatable bonds is 4. The van der Waals surface area contributed by atoms with E-state index < -0.39 is 0 Å². The first-order valence-corrected chi connectivity index (χ1v) is 6.76. The number of methoxy groups -OCH3 is 1. The van der Waals surface area contributed by atoms with E-state index in [0.29, 0.717) is 30.1 Å². The number of aromatic nitrogens is 1. The summed E-state index contributed by atoms with van der Waals surface area (Å²) in [5, 5.41) is 10.4. The maximum atomic E-state index is 12.1. The van der Waals surface area contributed by atoms with E-state index in [4.69, 9.17) is 9.26 Å². The molecule has 3 heterocycles. The van der Waals surface area contributed by atoms with Crippen molar-refractivity contribution < 1.29 is 14.1 Å². The Kier molecular flexibility index (Phi) is 3.52. The van der Waals surface area contributed by atoms with Crippen LogP contribution in [0.5, 0.6) is 0 Å². The van der Waals surface area contributed by atoms with Gasteiger partial charge in [0.05, 0.1) is 0 Å². The molecule has 0 saturated carbocycles. The number of carbonyl (C=O) groups excluding carboxylic acids is 1. The summed E-state index contributed by atoms with van der Waals surface area (Å²) in [6.07, 6.45) is 4.45. The molecule has 2 bridgehead atoms. The van der Waals surface area contributed by atoms with Gasteiger partial charge in [0.1, 0.15) is 6.61 Å². The van der Waals surface area contributed by atoms with Crippen LogP contribution < -0.4 is 10.6 Å². The number of hydrogen-bond donors (Lipinski definition) is 2. The third-order valence-electron chi connectivity index (χ3n) is 3.89. The molecule has 2 saturated heterocycles. The third-order valence-corrected chi connectivity index (χ3v) is 3.89. The number of piperidine rings is 1. The lowest BCUT2D eigenvalue weighted by Crippen LogP contribution is -2.48. The van der Waals surface area contributed by atoms with Crippen molar-refractivity contribution in [1.82, 2.24) is 15.8 Å². The average Bonchev–Trinajstić information content (AvgIpc) is 2.97. The molecule has 0 radical (unpaired) electrons. The molecule has 1 aromatic heterocycles. The number of nitrogens with zero attached hydrogens (tertiary/aromatic N) is 1. The minimum Gasteiger partial charge on any atom is -0.377 e. The lowest BCUT2D eigenvalue weighted by Gasteiger charge is -2.29. The summed E-state index contributed by atoms with van der Waals surface area (Å²) in [5.74, 6) is 0.412. The SMILES string of the molecule is COCc1cc(C(=O)NC2CC3CCC(C2)N3)no1. The van der Waals surface area contributed by atoms with Gasteiger partial charge in [0, 0.05) is 31.3 Å². The summed E-state index contributed by atoms with van der Waals surface area (Å²) in [5.41, 5.74) is 0.331. The smallest absolute Gasteiger partial charge is 0.273 e. The van der Waals surface area contributed by atoms with Gasteiger partial charge in [-0.2, -0.15) is 0 Å². The Morgan fingerprint density at radius 1 is 1.53 bits per heavy atom. The van der Waals surface area contributed by atoms with Gasteiger partial charge in [-0.15, -0.1) is 0 Å². The lowest BCUT2D eigenvalue weighted by molar-refractivity contribution is 0.0914. The molecule has 6 heteroatoms. The minimum absolute atomic E-state index is 0.155. The van der Waals surface area contributed by atoms with Crippen LogP contribution in [0.15, 0.2) is 10.6 Å². The van der Waals surface area contributed by atoms with Crippen molar-refractivity contribution in [3.05, 3.63) is 17.5 Å². The fraction of sp³-hybridized carbons (Fsp3) is 0.692. The molecule has 1 amide bonds. The van der Waals surface area contributed by atoms with E-state index in [9.17, 15) is 4.79 Å². The molecule has 0 aliphatic carbocycles. The average molecular weight is 265 g/mol. The molecule has 2 aliphatic heterocycles. The fourth-order valence-electron chi connectivity index (χ4n) is 3.06. The Hall–Kier alpha value is -1.40. The third kappa shape index (κ3) is 2.79. The van der Waals surface area contributed by atoms with Gasteiger partial charge in [0.15, 0.2) is 11.5 Å². The Morgan fingerprint density at radius 2 is 2.26 bits per heavy atom. The van der Waals surface area contributed by atoms with E-state index in [1.165, 1.54) is 12.8 Å². The first-order chi connectivity index (χ1) is 9.24. The Labute approximate surface area is 111 Å². The van der Waals surface area contributed by atoms with Gasteiger partial charge in [-0.25, -0.2) is 0 Å². The second kappa shape index (κ2) is 5.30. The number of carbonyl (C=O) groups is 1. The molecule has 2 aliphatic rings. The van der Waals surface area contributed by atoms with Crippen LogP contribution in [0.1, 0.15) is 41.9 Å². The highest BCUT2D eigenvalue weighted by atomic mass is 16.5. The molecule has 3 rings (SSSR count). The van der Waals surface area contributed by atoms with Gasteiger partial charge in [-0.3, -0.25) is 4.79 Å². The zero-order valence-corrected chi connectivity index (χ0v) is 11.0. The second-order valence-electron chi connectivity index (χ2n) is 5.39. The Balaban J connectivity index is 1.58. The number of nitrogens with one attached hydrogen (secondary N) is 2. The van der Waals surface area contributed by atoms with Crippen LogP contribution in [0.25, 0.3) is 0 Å². The molecule has 0 aromatic carbocycles. The zero-order chi connectivity index (χ0) is 13.2. The van der Waals surface area contributed by atoms with Gasteiger partial charge in [0.2, 0.25) is 0 Å². The number of amides is 1. The fourth-order valence-corrected chi connectivity index (χ4v) is 3.06. The summed E-state index contributed by atoms with van der Waals surface area (Å²) in [7, 11) is 1.58. The first kappa shape index (κ1) is 12.6. The molecule has 2 unspecified atom stereocenters. The summed E-state index contributed by atoms with van der Waals surface area (Å²) < 4.78 is 9.96. The van der Waals surface area contributed by atoms with Crippen molar-refractivity contribution in [2.45, 2.75) is 50.4 Å². The lowest BCUT2D eigenvalue weighted by atomic mass is 10.00. The van der Waals surface area contributed by atoms with Crippen LogP contribution in [-0.2, 0) is 11.3 Å². The summed E-state index contributed by atoms with van der Waals surface area (Å²) in [6, 6.07) is 3.00. The van der Waals surface area contributed by atoms with E-state index in [0.717, 1.165) is 12.8 Å². The van der Waals surface area contributed by atoms with Crippen LogP contribution in [0.4, 0.5) is 0 Å². The van der Waals surface area contributed by atoms with Gasteiger partial charge >= 0.3 is 0 Å². The van der Waals surface area contributed by atoms with Crippen molar-refractivity contribution in [2.75, 3.05) is 7.11 Å². The number of hydrogen-bond acceptors (Lipinski definition) is 5. The van der Waals surface area contributed by atoms with E-state index in [1.807, 2.05) is 0 Å². The monoisotopic (exact) mass is 265 g/mol. The normalized spacial score (nSPS) is 29.4. The van der Waals surface area contributed by atoms with Crippen LogP contribution in [0.3, 0.4) is 0 Å². The maximum Gasteiger partial charge on any atom is 0.273 e. The van der Waals surface area contributed by atoms with Crippen LogP contribution >= 0.6 is 0 Å². The van der Waals surface area contributed by atoms with Gasteiger partial charge in [-0.05, 0) is 25.7 Å². The highest BCUT2D eigenvalue weighted by Crippen LogP contribution is 2.26. The molecular formula is C13H19N3O3. The molecule has 2 N–H and O–H groups in total. The Morgan fingerprint density at radius 3 is 2.95 bits per heavy atom. The molecule has 0 spiro atoms. The van der Waals surface area contributed by atoms with Crippen molar-refractivity contribution in [3.8, 4) is 0 Å². The van der Waals surface area contributed by atoms with Crippen LogP contribution in [0, 0.1) is 0 Å². The highest BCUT2D eigenvalue weighted by molar-refractivity contribution is 5.92. The van der Waals surface area contributed by atoms with Crippen molar-refractivity contribution >= 4 is 5.91 Å². The minimum atomic E-state index is -0.155. The molecule has 19 heavy (non-hydrogen) atoms. The summed E-state index contributed by atoms with van der Waals surface area (Å²) >= 11 is 0. The molecule has 6 nitrogen and oxygen atoms in total. The molecular weight excluding hydrogens is 246 g/mol. The zero-order valence-electron chi connectivity index (χ0n) is 11.0. The Bertz CT molecular complexity index is 448. The standard InChI is InChI=1S/C13H19N3O3/c1-18-7-11-6-12(16-19-11)13(17)15-10-4-8-2-3-9(5-10)14-8/h6,8-10,14H,2-5,7H2,1H3,(H,15,17). The van der Waals surface area contributed by atoms with Gasteiger partial charge in [0.25, 0.3) is 5.91 Å². The molecule has 1 aromatic rings. The second-order valence-corrected chi connectivity index (χ2v) is 5.39. The first-order valence-electron chi connectivity index (χ1n) is 6.76. The molecule has 104 valence electrons. The largest absolute Gasteiger partial charge is 0.377 e. The van der Waals surface area contributed by atoms with E-state index in [-0.39, 0.29) is 11.9 Å². The quantitative estimate of drug-likeness (QED) is 0.843. The van der Waals surface area contributed by atoms with Crippen molar-refractivity contribution in [2.24, 2.45) is 0 Å². The maximum absolute atomic E-state index is 12.1. The highest BCUT2D eigenvalue weighted by Gasteiger charge is 2.34. The van der Waals surface area contributed by atoms with Crippen molar-refractivity contribution in [1.29, 1.82) is 0 Å². The molecule has 2 fully saturated rings. The van der Waals surface area contributed by atoms with Crippen molar-refractivity contribution in [3.63, 3.8) is 0 Å². The number of ether oxygens (including phenoxy) is 1. The van der Waals surface area contributed by atoms with Crippen LogP contribution in [-0.4, -0.2) is 36.3 Å². The van der Waals surface area contributed by atoms with Gasteiger partial charge < -0.3 is 19.9 Å². The predicted molar refractivity (Wildman–Crippen MR) is 67.6 cm³/mol. The topological polar surface area (TPSA) is 76.4 Å². The molecule has 2 atom stereocenters. The van der Waals surface area contributed by atoms with E-state index >= 15 is 0 Å². The van der Waals surface area contributed by atoms with E-state index in [1.54, 1.807) is 13.2 Å². The van der Waals surface area contributed by atoms with E-state index in [2.05, 4.69) is 15.8 Å².